The summed E-state index contributed by atoms with van der Waals surface area (Å²) < 4.78 is 1.23. The van der Waals surface area contributed by atoms with E-state index in [0.29, 0.717) is 0 Å². The first kappa shape index (κ1) is 13.1. The number of aryl methyl sites for hydroxylation is 1. The Kier molecular flexibility index (Phi) is 3.71. The predicted octanol–water partition coefficient (Wildman–Crippen LogP) is 3.48. The van der Waals surface area contributed by atoms with Gasteiger partial charge in [-0.3, -0.25) is 5.32 Å². The van der Waals surface area contributed by atoms with Crippen molar-refractivity contribution in [2.45, 2.75) is 26.6 Å². The molecule has 0 radical (unpaired) electrons. The maximum atomic E-state index is 4.60. The van der Waals surface area contributed by atoms with E-state index in [1.54, 1.807) is 11.3 Å². The van der Waals surface area contributed by atoms with E-state index in [4.69, 9.17) is 0 Å². The van der Waals surface area contributed by atoms with Gasteiger partial charge in [0, 0.05) is 18.4 Å². The zero-order valence-corrected chi connectivity index (χ0v) is 12.4. The van der Waals surface area contributed by atoms with Crippen LogP contribution in [0, 0.1) is 6.92 Å². The number of nitrogens with one attached hydrogen (secondary N) is 3. The maximum absolute atomic E-state index is 4.60. The van der Waals surface area contributed by atoms with E-state index in [1.165, 1.54) is 16.0 Å². The van der Waals surface area contributed by atoms with Crippen LogP contribution in [0.2, 0.25) is 0 Å². The van der Waals surface area contributed by atoms with E-state index in [2.05, 4.69) is 58.7 Å². The molecule has 5 heteroatoms. The van der Waals surface area contributed by atoms with Crippen LogP contribution in [0.5, 0.6) is 0 Å². The molecule has 0 bridgehead atoms. The summed E-state index contributed by atoms with van der Waals surface area (Å²) in [5.41, 5.74) is 3.50. The summed E-state index contributed by atoms with van der Waals surface area (Å²) in [5.74, 6) is 0. The molecule has 2 aromatic heterocycles. The van der Waals surface area contributed by atoms with Crippen LogP contribution in [-0.2, 0) is 6.54 Å². The molecule has 0 aliphatic heterocycles. The summed E-state index contributed by atoms with van der Waals surface area (Å²) in [6.45, 7) is 5.01. The minimum Gasteiger partial charge on any atom is -0.364 e. The molecule has 3 aromatic rings. The maximum Gasteiger partial charge on any atom is 0.185 e. The van der Waals surface area contributed by atoms with E-state index in [9.17, 15) is 0 Å². The number of hydrogen-bond acceptors (Lipinski definition) is 4. The van der Waals surface area contributed by atoms with Crippen molar-refractivity contribution < 1.29 is 0 Å². The molecule has 3 rings (SSSR count). The minimum absolute atomic E-state index is 0.167. The van der Waals surface area contributed by atoms with Crippen LogP contribution in [0.1, 0.15) is 18.2 Å². The number of thiazole rings is 1. The van der Waals surface area contributed by atoms with Gasteiger partial charge in [-0.25, -0.2) is 4.98 Å². The average molecular weight is 286 g/mol. The summed E-state index contributed by atoms with van der Waals surface area (Å²) in [6.07, 6.45) is 2.10. The van der Waals surface area contributed by atoms with Crippen LogP contribution in [0.15, 0.2) is 36.5 Å². The second-order valence-electron chi connectivity index (χ2n) is 4.93. The Labute approximate surface area is 122 Å². The molecule has 4 nitrogen and oxygen atoms in total. The highest BCUT2D eigenvalue weighted by molar-refractivity contribution is 7.22. The topological polar surface area (TPSA) is 52.7 Å². The first-order chi connectivity index (χ1) is 9.70. The third kappa shape index (κ3) is 3.00. The lowest BCUT2D eigenvalue weighted by atomic mass is 10.2. The van der Waals surface area contributed by atoms with Gasteiger partial charge in [-0.15, -0.1) is 0 Å². The fourth-order valence-electron chi connectivity index (χ4n) is 2.07. The molecule has 1 aromatic carbocycles. The second kappa shape index (κ2) is 5.64. The summed E-state index contributed by atoms with van der Waals surface area (Å²) >= 11 is 1.69. The molecule has 3 N–H and O–H groups in total. The first-order valence-corrected chi connectivity index (χ1v) is 7.52. The van der Waals surface area contributed by atoms with Crippen LogP contribution < -0.4 is 10.6 Å². The number of benzene rings is 1. The van der Waals surface area contributed by atoms with Gasteiger partial charge in [0.2, 0.25) is 0 Å². The van der Waals surface area contributed by atoms with Gasteiger partial charge in [-0.2, -0.15) is 0 Å². The molecule has 0 amide bonds. The van der Waals surface area contributed by atoms with E-state index >= 15 is 0 Å². The molecular weight excluding hydrogens is 268 g/mol. The zero-order valence-electron chi connectivity index (χ0n) is 11.6. The van der Waals surface area contributed by atoms with Crippen molar-refractivity contribution in [1.82, 2.24) is 15.3 Å². The Bertz CT molecular complexity index is 687. The van der Waals surface area contributed by atoms with Crippen LogP contribution in [0.4, 0.5) is 5.13 Å². The van der Waals surface area contributed by atoms with Gasteiger partial charge >= 0.3 is 0 Å². The van der Waals surface area contributed by atoms with Gasteiger partial charge < -0.3 is 10.3 Å². The standard InChI is InChI=1S/C15H18N4S/c1-10-5-6-13-14(8-10)20-15(19-13)18-11(2)17-9-12-4-3-7-16-12/h3-8,11,16-17H,9H2,1-2H3,(H,18,19). The highest BCUT2D eigenvalue weighted by Gasteiger charge is 2.07. The molecule has 1 unspecified atom stereocenters. The van der Waals surface area contributed by atoms with Gasteiger partial charge in [0.05, 0.1) is 16.4 Å². The quantitative estimate of drug-likeness (QED) is 0.629. The van der Waals surface area contributed by atoms with E-state index in [1.807, 2.05) is 12.3 Å². The summed E-state index contributed by atoms with van der Waals surface area (Å²) in [5, 5.41) is 7.76. The largest absolute Gasteiger partial charge is 0.364 e. The lowest BCUT2D eigenvalue weighted by molar-refractivity contribution is 0.593. The fourth-order valence-corrected chi connectivity index (χ4v) is 3.12. The van der Waals surface area contributed by atoms with Gasteiger partial charge in [0.15, 0.2) is 5.13 Å². The van der Waals surface area contributed by atoms with Crippen LogP contribution in [0.3, 0.4) is 0 Å². The third-order valence-electron chi connectivity index (χ3n) is 3.14. The number of nitrogens with zero attached hydrogens (tertiary/aromatic N) is 1. The van der Waals surface area contributed by atoms with Gasteiger partial charge in [-0.05, 0) is 43.7 Å². The van der Waals surface area contributed by atoms with Gasteiger partial charge in [0.25, 0.3) is 0 Å². The monoisotopic (exact) mass is 286 g/mol. The number of hydrogen-bond donors (Lipinski definition) is 3. The molecule has 1 atom stereocenters. The number of H-pyrrole nitrogens is 1. The molecular formula is C15H18N4S. The zero-order chi connectivity index (χ0) is 13.9. The number of rotatable bonds is 5. The van der Waals surface area contributed by atoms with Crippen LogP contribution in [0.25, 0.3) is 10.2 Å². The van der Waals surface area contributed by atoms with Crippen molar-refractivity contribution in [3.05, 3.63) is 47.8 Å². The molecule has 2 heterocycles. The summed E-state index contributed by atoms with van der Waals surface area (Å²) in [4.78, 5) is 7.78. The molecule has 0 saturated carbocycles. The number of anilines is 1. The number of aromatic amines is 1. The van der Waals surface area contributed by atoms with E-state index < -0.39 is 0 Å². The van der Waals surface area contributed by atoms with Crippen molar-refractivity contribution in [2.75, 3.05) is 5.32 Å². The Morgan fingerprint density at radius 3 is 3.05 bits per heavy atom. The van der Waals surface area contributed by atoms with Crippen molar-refractivity contribution in [3.63, 3.8) is 0 Å². The Morgan fingerprint density at radius 1 is 1.35 bits per heavy atom. The van der Waals surface area contributed by atoms with E-state index in [-0.39, 0.29) is 6.17 Å². The lowest BCUT2D eigenvalue weighted by Crippen LogP contribution is -2.32. The fraction of sp³-hybridized carbons (Fsp3) is 0.267. The summed E-state index contributed by atoms with van der Waals surface area (Å²) in [7, 11) is 0. The highest BCUT2D eigenvalue weighted by Crippen LogP contribution is 2.26. The molecule has 0 spiro atoms. The van der Waals surface area contributed by atoms with Gasteiger partial charge in [-0.1, -0.05) is 17.4 Å². The second-order valence-corrected chi connectivity index (χ2v) is 5.96. The summed E-state index contributed by atoms with van der Waals surface area (Å²) in [6, 6.07) is 10.4. The van der Waals surface area contributed by atoms with E-state index in [0.717, 1.165) is 17.2 Å². The Hall–Kier alpha value is -1.85. The van der Waals surface area contributed by atoms with Gasteiger partial charge in [0.1, 0.15) is 0 Å². The van der Waals surface area contributed by atoms with Crippen molar-refractivity contribution in [3.8, 4) is 0 Å². The third-order valence-corrected chi connectivity index (χ3v) is 4.09. The van der Waals surface area contributed by atoms with Crippen molar-refractivity contribution in [2.24, 2.45) is 0 Å². The average Bonchev–Trinajstić information content (AvgIpc) is 3.04. The molecule has 0 fully saturated rings. The highest BCUT2D eigenvalue weighted by atomic mass is 32.1. The molecule has 0 aliphatic rings. The normalized spacial score (nSPS) is 12.7. The molecule has 0 aliphatic carbocycles. The lowest BCUT2D eigenvalue weighted by Gasteiger charge is -2.14. The Morgan fingerprint density at radius 2 is 2.25 bits per heavy atom. The van der Waals surface area contributed by atoms with Crippen molar-refractivity contribution >= 4 is 26.7 Å². The first-order valence-electron chi connectivity index (χ1n) is 6.70. The number of aromatic nitrogens is 2. The predicted molar refractivity (Wildman–Crippen MR) is 85.1 cm³/mol. The minimum atomic E-state index is 0.167. The smallest absolute Gasteiger partial charge is 0.185 e. The molecule has 0 saturated heterocycles. The SMILES string of the molecule is Cc1ccc2nc(NC(C)NCc3ccc[nH]3)sc2c1. The number of fused-ring (bicyclic) bond motifs is 1. The Balaban J connectivity index is 1.63. The van der Waals surface area contributed by atoms with Crippen LogP contribution >= 0.6 is 11.3 Å². The van der Waals surface area contributed by atoms with Crippen molar-refractivity contribution in [1.29, 1.82) is 0 Å². The molecule has 104 valence electrons. The molecule has 20 heavy (non-hydrogen) atoms. The van der Waals surface area contributed by atoms with Crippen LogP contribution in [-0.4, -0.2) is 16.1 Å².